The first-order valence-electron chi connectivity index (χ1n) is 3.84. The zero-order chi connectivity index (χ0) is 9.26. The summed E-state index contributed by atoms with van der Waals surface area (Å²) in [4.78, 5) is 0. The summed E-state index contributed by atoms with van der Waals surface area (Å²) in [7, 11) is 0. The van der Waals surface area contributed by atoms with Crippen LogP contribution in [0, 0.1) is 0 Å². The predicted octanol–water partition coefficient (Wildman–Crippen LogP) is 1.51. The summed E-state index contributed by atoms with van der Waals surface area (Å²) >= 11 is 0. The van der Waals surface area contributed by atoms with Crippen molar-refractivity contribution in [1.29, 1.82) is 0 Å². The minimum absolute atomic E-state index is 0.538. The molecule has 4 N–H and O–H groups in total. The average Bonchev–Trinajstić information content (AvgIpc) is 2.62. The summed E-state index contributed by atoms with van der Waals surface area (Å²) in [5.41, 5.74) is 14.0. The van der Waals surface area contributed by atoms with Gasteiger partial charge in [0.2, 0.25) is 0 Å². The topological polar surface area (TPSA) is 78.1 Å². The van der Waals surface area contributed by atoms with E-state index in [0.29, 0.717) is 17.1 Å². The number of para-hydroxylation sites is 1. The lowest BCUT2D eigenvalue weighted by Crippen LogP contribution is -1.96. The third-order valence-electron chi connectivity index (χ3n) is 1.85. The number of nitrogens with zero attached hydrogens (tertiary/aromatic N) is 1. The van der Waals surface area contributed by atoms with Crippen LogP contribution in [0.15, 0.2) is 35.1 Å². The highest BCUT2D eigenvalue weighted by molar-refractivity contribution is 5.82. The molecule has 0 aliphatic rings. The molecule has 66 valence electrons. The molecular formula is C9H9N3O. The Labute approximate surface area is 75.1 Å². The summed E-state index contributed by atoms with van der Waals surface area (Å²) in [5, 5.41) is 3.78. The molecule has 0 aliphatic heterocycles. The highest BCUT2D eigenvalue weighted by Gasteiger charge is 2.06. The quantitative estimate of drug-likeness (QED) is 0.644. The number of nitrogens with two attached hydrogens (primary N) is 2. The van der Waals surface area contributed by atoms with E-state index >= 15 is 0 Å². The van der Waals surface area contributed by atoms with Crippen molar-refractivity contribution in [1.82, 2.24) is 5.16 Å². The van der Waals surface area contributed by atoms with E-state index in [2.05, 4.69) is 5.16 Å². The van der Waals surface area contributed by atoms with Gasteiger partial charge in [0, 0.05) is 11.6 Å². The van der Waals surface area contributed by atoms with Crippen molar-refractivity contribution in [2.75, 3.05) is 11.5 Å². The van der Waals surface area contributed by atoms with Crippen LogP contribution in [0.25, 0.3) is 11.3 Å². The summed E-state index contributed by atoms with van der Waals surface area (Å²) in [6.07, 6.45) is 1.50. The first kappa shape index (κ1) is 7.67. The fourth-order valence-corrected chi connectivity index (χ4v) is 1.16. The summed E-state index contributed by atoms with van der Waals surface area (Å²) in [6.45, 7) is 0. The highest BCUT2D eigenvalue weighted by atomic mass is 16.5. The third-order valence-corrected chi connectivity index (χ3v) is 1.85. The van der Waals surface area contributed by atoms with Crippen LogP contribution >= 0.6 is 0 Å². The normalized spacial score (nSPS) is 10.2. The number of hydrogen-bond donors (Lipinski definition) is 2. The number of hydrogen-bond acceptors (Lipinski definition) is 4. The molecule has 0 saturated heterocycles. The van der Waals surface area contributed by atoms with Gasteiger partial charge in [-0.2, -0.15) is 0 Å². The van der Waals surface area contributed by atoms with E-state index in [1.165, 1.54) is 6.26 Å². The molecule has 2 rings (SSSR count). The fourth-order valence-electron chi connectivity index (χ4n) is 1.16. The van der Waals surface area contributed by atoms with E-state index in [1.54, 1.807) is 12.1 Å². The Balaban J connectivity index is 2.59. The molecule has 0 spiro atoms. The van der Waals surface area contributed by atoms with Crippen molar-refractivity contribution < 1.29 is 4.52 Å². The Morgan fingerprint density at radius 3 is 2.69 bits per heavy atom. The maximum Gasteiger partial charge on any atom is 0.124 e. The van der Waals surface area contributed by atoms with Crippen LogP contribution in [0.4, 0.5) is 11.4 Å². The molecule has 1 aromatic carbocycles. The Bertz CT molecular complexity index is 409. The molecule has 0 aliphatic carbocycles. The Morgan fingerprint density at radius 1 is 1.15 bits per heavy atom. The van der Waals surface area contributed by atoms with Crippen molar-refractivity contribution in [3.8, 4) is 11.3 Å². The maximum absolute atomic E-state index is 5.77. The Hall–Kier alpha value is -1.97. The molecule has 0 atom stereocenters. The molecule has 0 radical (unpaired) electrons. The van der Waals surface area contributed by atoms with Crippen molar-refractivity contribution in [3.05, 3.63) is 30.5 Å². The van der Waals surface area contributed by atoms with Crippen LogP contribution in [0.5, 0.6) is 0 Å². The minimum Gasteiger partial charge on any atom is -0.397 e. The second-order valence-electron chi connectivity index (χ2n) is 2.69. The first-order chi connectivity index (χ1) is 6.29. The summed E-state index contributed by atoms with van der Waals surface area (Å²) in [6, 6.07) is 7.17. The van der Waals surface area contributed by atoms with Crippen LogP contribution in [0.1, 0.15) is 0 Å². The first-order valence-corrected chi connectivity index (χ1v) is 3.84. The lowest BCUT2D eigenvalue weighted by molar-refractivity contribution is 0.422. The zero-order valence-corrected chi connectivity index (χ0v) is 6.90. The molecule has 1 aromatic heterocycles. The lowest BCUT2D eigenvalue weighted by atomic mass is 10.1. The standard InChI is InChI=1S/C9H9N3O/c10-7-3-1-2-6(9(7)11)8-4-5-13-12-8/h1-5H,10-11H2. The third kappa shape index (κ3) is 1.22. The highest BCUT2D eigenvalue weighted by Crippen LogP contribution is 2.28. The molecule has 2 aromatic rings. The number of aromatic nitrogens is 1. The Kier molecular flexibility index (Phi) is 1.66. The molecule has 1 heterocycles. The number of anilines is 2. The van der Waals surface area contributed by atoms with Crippen LogP contribution < -0.4 is 11.5 Å². The molecular weight excluding hydrogens is 166 g/mol. The van der Waals surface area contributed by atoms with Crippen molar-refractivity contribution in [3.63, 3.8) is 0 Å². The average molecular weight is 175 g/mol. The molecule has 0 saturated carbocycles. The van der Waals surface area contributed by atoms with Gasteiger partial charge in [0.1, 0.15) is 12.0 Å². The van der Waals surface area contributed by atoms with E-state index in [1.807, 2.05) is 12.1 Å². The van der Waals surface area contributed by atoms with Crippen LogP contribution in [-0.4, -0.2) is 5.16 Å². The van der Waals surface area contributed by atoms with E-state index in [0.717, 1.165) is 5.56 Å². The molecule has 0 amide bonds. The van der Waals surface area contributed by atoms with E-state index in [9.17, 15) is 0 Å². The van der Waals surface area contributed by atoms with Gasteiger partial charge >= 0.3 is 0 Å². The van der Waals surface area contributed by atoms with Crippen LogP contribution in [-0.2, 0) is 0 Å². The van der Waals surface area contributed by atoms with E-state index in [-0.39, 0.29) is 0 Å². The second-order valence-corrected chi connectivity index (χ2v) is 2.69. The number of rotatable bonds is 1. The minimum atomic E-state index is 0.538. The van der Waals surface area contributed by atoms with Gasteiger partial charge in [0.15, 0.2) is 0 Å². The summed E-state index contributed by atoms with van der Waals surface area (Å²) in [5.74, 6) is 0. The SMILES string of the molecule is Nc1cccc(-c2ccon2)c1N. The molecule has 0 bridgehead atoms. The van der Waals surface area contributed by atoms with Gasteiger partial charge in [-0.1, -0.05) is 17.3 Å². The molecule has 0 fully saturated rings. The smallest absolute Gasteiger partial charge is 0.124 e. The Morgan fingerprint density at radius 2 is 2.00 bits per heavy atom. The molecule has 13 heavy (non-hydrogen) atoms. The van der Waals surface area contributed by atoms with Crippen LogP contribution in [0.2, 0.25) is 0 Å². The number of benzene rings is 1. The van der Waals surface area contributed by atoms with E-state index in [4.69, 9.17) is 16.0 Å². The predicted molar refractivity (Wildman–Crippen MR) is 50.8 cm³/mol. The second kappa shape index (κ2) is 2.82. The molecule has 4 heteroatoms. The van der Waals surface area contributed by atoms with E-state index < -0.39 is 0 Å². The van der Waals surface area contributed by atoms with Gasteiger partial charge < -0.3 is 16.0 Å². The van der Waals surface area contributed by atoms with Gasteiger partial charge in [-0.3, -0.25) is 0 Å². The molecule has 4 nitrogen and oxygen atoms in total. The van der Waals surface area contributed by atoms with Gasteiger partial charge in [-0.05, 0) is 6.07 Å². The zero-order valence-electron chi connectivity index (χ0n) is 6.90. The van der Waals surface area contributed by atoms with Gasteiger partial charge in [0.05, 0.1) is 11.4 Å². The van der Waals surface area contributed by atoms with Gasteiger partial charge in [-0.15, -0.1) is 0 Å². The van der Waals surface area contributed by atoms with Gasteiger partial charge in [-0.25, -0.2) is 0 Å². The largest absolute Gasteiger partial charge is 0.397 e. The number of nitrogen functional groups attached to an aromatic ring is 2. The summed E-state index contributed by atoms with van der Waals surface area (Å²) < 4.78 is 4.72. The van der Waals surface area contributed by atoms with Crippen molar-refractivity contribution >= 4 is 11.4 Å². The maximum atomic E-state index is 5.77. The van der Waals surface area contributed by atoms with Crippen LogP contribution in [0.3, 0.4) is 0 Å². The fraction of sp³-hybridized carbons (Fsp3) is 0. The van der Waals surface area contributed by atoms with Crippen molar-refractivity contribution in [2.24, 2.45) is 0 Å². The molecule has 0 unspecified atom stereocenters. The lowest BCUT2D eigenvalue weighted by Gasteiger charge is -2.03. The van der Waals surface area contributed by atoms with Crippen molar-refractivity contribution in [2.45, 2.75) is 0 Å². The monoisotopic (exact) mass is 175 g/mol. The van der Waals surface area contributed by atoms with Gasteiger partial charge in [0.25, 0.3) is 0 Å².